The lowest BCUT2D eigenvalue weighted by molar-refractivity contribution is -0.275. The Balaban J connectivity index is 1.27. The number of rotatable bonds is 19. The molecule has 1 aliphatic rings. The van der Waals surface area contributed by atoms with E-state index in [9.17, 15) is 5.11 Å². The molecule has 0 aliphatic carbocycles. The highest BCUT2D eigenvalue weighted by molar-refractivity contribution is 7.12. The van der Waals surface area contributed by atoms with E-state index in [4.69, 9.17) is 23.7 Å². The average Bonchev–Trinajstić information content (AvgIpc) is 3.65. The molecule has 0 radical (unpaired) electrons. The van der Waals surface area contributed by atoms with Crippen molar-refractivity contribution in [1.82, 2.24) is 0 Å². The molecular formula is C49H52O6S. The highest BCUT2D eigenvalue weighted by Gasteiger charge is 2.49. The number of hydrogen-bond acceptors (Lipinski definition) is 7. The van der Waals surface area contributed by atoms with Gasteiger partial charge in [0.1, 0.15) is 30.5 Å². The molecule has 0 amide bonds. The Morgan fingerprint density at radius 2 is 1.04 bits per heavy atom. The molecule has 1 saturated heterocycles. The van der Waals surface area contributed by atoms with Crippen LogP contribution in [0.4, 0.5) is 0 Å². The number of aliphatic hydroxyl groups is 1. The number of benzene rings is 5. The van der Waals surface area contributed by atoms with Gasteiger partial charge in [0.05, 0.1) is 33.0 Å². The maximum Gasteiger partial charge on any atom is 0.117 e. The summed E-state index contributed by atoms with van der Waals surface area (Å²) < 4.78 is 34.6. The first-order chi connectivity index (χ1) is 27.7. The molecule has 7 heteroatoms. The van der Waals surface area contributed by atoms with Gasteiger partial charge < -0.3 is 28.8 Å². The van der Waals surface area contributed by atoms with Crippen LogP contribution in [0.15, 0.2) is 152 Å². The molecule has 7 rings (SSSR count). The van der Waals surface area contributed by atoms with Crippen LogP contribution in [-0.4, -0.2) is 42.7 Å². The summed E-state index contributed by atoms with van der Waals surface area (Å²) in [4.78, 5) is 2.29. The molecule has 1 N–H and O–H groups in total. The van der Waals surface area contributed by atoms with E-state index >= 15 is 0 Å². The van der Waals surface area contributed by atoms with Crippen molar-refractivity contribution in [2.45, 2.75) is 83.1 Å². The predicted octanol–water partition coefficient (Wildman–Crippen LogP) is 9.85. The monoisotopic (exact) mass is 768 g/mol. The molecule has 6 aromatic rings. The van der Waals surface area contributed by atoms with Gasteiger partial charge in [-0.25, -0.2) is 0 Å². The first-order valence-corrected chi connectivity index (χ1v) is 20.5. The van der Waals surface area contributed by atoms with E-state index in [1.807, 2.05) is 72.8 Å². The Hall–Kier alpha value is -4.44. The SMILES string of the molecule is CCc1ccc(Cc2cc([C@@H]3O[C@H](COCc4ccccc4)[C@@H](OCc4ccccc4)[C@H](OCc4ccccc4)[C@H]3OCc3ccccc3)c(CCO)s2)cc1. The molecule has 5 atom stereocenters. The molecule has 290 valence electrons. The number of aliphatic hydroxyl groups excluding tert-OH is 1. The minimum absolute atomic E-state index is 0.0285. The molecule has 5 aromatic carbocycles. The minimum Gasteiger partial charge on any atom is -0.396 e. The van der Waals surface area contributed by atoms with Gasteiger partial charge in [0, 0.05) is 29.2 Å². The lowest BCUT2D eigenvalue weighted by Gasteiger charge is -2.46. The Morgan fingerprint density at radius 3 is 1.55 bits per heavy atom. The fourth-order valence-corrected chi connectivity index (χ4v) is 8.49. The van der Waals surface area contributed by atoms with E-state index in [1.165, 1.54) is 16.0 Å². The van der Waals surface area contributed by atoms with Crippen LogP contribution >= 0.6 is 11.3 Å². The molecule has 1 aromatic heterocycles. The largest absolute Gasteiger partial charge is 0.396 e. The van der Waals surface area contributed by atoms with Crippen LogP contribution in [0.2, 0.25) is 0 Å². The second kappa shape index (κ2) is 20.6. The van der Waals surface area contributed by atoms with Crippen molar-refractivity contribution in [3.63, 3.8) is 0 Å². The van der Waals surface area contributed by atoms with Crippen LogP contribution < -0.4 is 0 Å². The fraction of sp³-hybridized carbons (Fsp3) is 0.306. The Labute approximate surface area is 335 Å². The highest BCUT2D eigenvalue weighted by atomic mass is 32.1. The van der Waals surface area contributed by atoms with Crippen molar-refractivity contribution in [1.29, 1.82) is 0 Å². The summed E-state index contributed by atoms with van der Waals surface area (Å²) >= 11 is 1.74. The van der Waals surface area contributed by atoms with E-state index in [1.54, 1.807) is 11.3 Å². The number of hydrogen-bond donors (Lipinski definition) is 1. The summed E-state index contributed by atoms with van der Waals surface area (Å²) in [6, 6.07) is 51.9. The van der Waals surface area contributed by atoms with Gasteiger partial charge in [-0.1, -0.05) is 153 Å². The normalized spacial score (nSPS) is 19.6. The number of thiophene rings is 1. The molecule has 6 nitrogen and oxygen atoms in total. The van der Waals surface area contributed by atoms with Gasteiger partial charge in [0.2, 0.25) is 0 Å². The van der Waals surface area contributed by atoms with E-state index in [0.29, 0.717) is 32.8 Å². The molecule has 2 heterocycles. The first-order valence-electron chi connectivity index (χ1n) is 19.7. The topological polar surface area (TPSA) is 66.4 Å². The van der Waals surface area contributed by atoms with Crippen LogP contribution in [0.1, 0.15) is 61.7 Å². The summed E-state index contributed by atoms with van der Waals surface area (Å²) in [7, 11) is 0. The standard InChI is InChI=1S/C49H52O6S/c1-2-36-23-25-37(26-24-36)29-42-30-43(45(56-42)27-28-50)46-48(53-33-40-19-11-5-12-20-40)49(54-34-41-21-13-6-14-22-41)47(52-32-39-17-9-4-10-18-39)44(55-46)35-51-31-38-15-7-3-8-16-38/h3-26,30,44,46-50H,2,27-29,31-35H2,1H3/t44-,46+,47-,48+,49+/m1/s1. The maximum atomic E-state index is 10.3. The lowest BCUT2D eigenvalue weighted by Crippen LogP contribution is -2.58. The smallest absolute Gasteiger partial charge is 0.117 e. The maximum absolute atomic E-state index is 10.3. The molecule has 0 spiro atoms. The fourth-order valence-electron chi connectivity index (χ4n) is 7.26. The third kappa shape index (κ3) is 10.9. The van der Waals surface area contributed by atoms with Crippen LogP contribution in [0.3, 0.4) is 0 Å². The zero-order valence-electron chi connectivity index (χ0n) is 32.1. The summed E-state index contributed by atoms with van der Waals surface area (Å²) in [5, 5.41) is 10.3. The van der Waals surface area contributed by atoms with Gasteiger partial charge >= 0.3 is 0 Å². The van der Waals surface area contributed by atoms with E-state index < -0.39 is 30.5 Å². The van der Waals surface area contributed by atoms with E-state index in [2.05, 4.69) is 85.8 Å². The zero-order chi connectivity index (χ0) is 38.4. The predicted molar refractivity (Wildman–Crippen MR) is 223 cm³/mol. The summed E-state index contributed by atoms with van der Waals surface area (Å²) in [6.45, 7) is 4.05. The van der Waals surface area contributed by atoms with Gasteiger partial charge in [0.15, 0.2) is 0 Å². The van der Waals surface area contributed by atoms with Crippen LogP contribution in [0.25, 0.3) is 0 Å². The average molecular weight is 769 g/mol. The second-order valence-corrected chi connectivity index (χ2v) is 15.5. The molecule has 56 heavy (non-hydrogen) atoms. The summed E-state index contributed by atoms with van der Waals surface area (Å²) in [5.41, 5.74) is 7.85. The first kappa shape index (κ1) is 39.8. The van der Waals surface area contributed by atoms with Crippen molar-refractivity contribution in [3.05, 3.63) is 200 Å². The second-order valence-electron chi connectivity index (χ2n) is 14.3. The molecule has 1 fully saturated rings. The number of aryl methyl sites for hydroxylation is 1. The van der Waals surface area contributed by atoms with Crippen LogP contribution in [0.5, 0.6) is 0 Å². The van der Waals surface area contributed by atoms with Crippen molar-refractivity contribution in [2.24, 2.45) is 0 Å². The van der Waals surface area contributed by atoms with Crippen molar-refractivity contribution < 1.29 is 28.8 Å². The highest BCUT2D eigenvalue weighted by Crippen LogP contribution is 2.42. The van der Waals surface area contributed by atoms with Crippen LogP contribution in [0, 0.1) is 0 Å². The van der Waals surface area contributed by atoms with E-state index in [-0.39, 0.29) is 13.2 Å². The third-order valence-corrected chi connectivity index (χ3v) is 11.4. The molecular weight excluding hydrogens is 717 g/mol. The van der Waals surface area contributed by atoms with Gasteiger partial charge in [-0.2, -0.15) is 0 Å². The third-order valence-electron chi connectivity index (χ3n) is 10.2. The van der Waals surface area contributed by atoms with Crippen LogP contribution in [-0.2, 0) is 69.4 Å². The van der Waals surface area contributed by atoms with Gasteiger partial charge in [0.25, 0.3) is 0 Å². The van der Waals surface area contributed by atoms with Crippen molar-refractivity contribution in [3.8, 4) is 0 Å². The Morgan fingerprint density at radius 1 is 0.554 bits per heavy atom. The molecule has 0 bridgehead atoms. The minimum atomic E-state index is -0.547. The summed E-state index contributed by atoms with van der Waals surface area (Å²) in [5.74, 6) is 0. The summed E-state index contributed by atoms with van der Waals surface area (Å²) in [6.07, 6.45) is -0.301. The molecule has 0 unspecified atom stereocenters. The van der Waals surface area contributed by atoms with Gasteiger partial charge in [-0.05, 0) is 51.4 Å². The van der Waals surface area contributed by atoms with Gasteiger partial charge in [-0.15, -0.1) is 11.3 Å². The molecule has 0 saturated carbocycles. The van der Waals surface area contributed by atoms with Gasteiger partial charge in [-0.3, -0.25) is 0 Å². The zero-order valence-corrected chi connectivity index (χ0v) is 32.9. The number of ether oxygens (including phenoxy) is 5. The van der Waals surface area contributed by atoms with Crippen molar-refractivity contribution in [2.75, 3.05) is 13.2 Å². The quantitative estimate of drug-likeness (QED) is 0.0886. The Kier molecular flexibility index (Phi) is 14.7. The molecule has 1 aliphatic heterocycles. The van der Waals surface area contributed by atoms with Crippen molar-refractivity contribution >= 4 is 11.3 Å². The Bertz CT molecular complexity index is 2000. The lowest BCUT2D eigenvalue weighted by atomic mass is 9.89. The van der Waals surface area contributed by atoms with E-state index in [0.717, 1.165) is 45.5 Å².